The van der Waals surface area contributed by atoms with Crippen molar-refractivity contribution in [3.05, 3.63) is 52.5 Å². The molecule has 1 aliphatic rings. The van der Waals surface area contributed by atoms with Gasteiger partial charge in [0.25, 0.3) is 0 Å². The molecule has 0 unspecified atom stereocenters. The number of nitrogens with zero attached hydrogens (tertiary/aromatic N) is 1. The molecule has 0 aliphatic carbocycles. The summed E-state index contributed by atoms with van der Waals surface area (Å²) >= 11 is 6.24. The second kappa shape index (κ2) is 11.2. The molecule has 6 nitrogen and oxygen atoms in total. The lowest BCUT2D eigenvalue weighted by atomic mass is 10.2. The predicted octanol–water partition coefficient (Wildman–Crippen LogP) is 4.20. The van der Waals surface area contributed by atoms with Gasteiger partial charge in [0.15, 0.2) is 17.5 Å². The lowest BCUT2D eigenvalue weighted by Gasteiger charge is -2.20. The van der Waals surface area contributed by atoms with Crippen LogP contribution in [0.25, 0.3) is 0 Å². The Morgan fingerprint density at radius 1 is 1.17 bits per heavy atom. The third kappa shape index (κ3) is 6.49. The Morgan fingerprint density at radius 2 is 1.90 bits per heavy atom. The van der Waals surface area contributed by atoms with Crippen LogP contribution in [0.5, 0.6) is 17.2 Å². The zero-order valence-electron chi connectivity index (χ0n) is 15.6. The monoisotopic (exact) mass is 539 g/mol. The highest BCUT2D eigenvalue weighted by molar-refractivity contribution is 14.0. The average Bonchev–Trinajstić information content (AvgIpc) is 2.69. The third-order valence-electron chi connectivity index (χ3n) is 3.98. The quantitative estimate of drug-likeness (QED) is 0.327. The summed E-state index contributed by atoms with van der Waals surface area (Å²) in [4.78, 5) is 4.14. The minimum absolute atomic E-state index is 0. The van der Waals surface area contributed by atoms with Gasteiger partial charge in [-0.2, -0.15) is 8.78 Å². The van der Waals surface area contributed by atoms with Crippen LogP contribution in [0, 0.1) is 0 Å². The van der Waals surface area contributed by atoms with Gasteiger partial charge in [-0.1, -0.05) is 29.8 Å². The van der Waals surface area contributed by atoms with Crippen molar-refractivity contribution < 1.29 is 23.0 Å². The number of para-hydroxylation sites is 1. The number of alkyl halides is 2. The van der Waals surface area contributed by atoms with Gasteiger partial charge < -0.3 is 24.8 Å². The van der Waals surface area contributed by atoms with E-state index in [-0.39, 0.29) is 36.3 Å². The fourth-order valence-corrected chi connectivity index (χ4v) is 3.00. The molecule has 3 rings (SSSR count). The van der Waals surface area contributed by atoms with Crippen molar-refractivity contribution in [2.75, 3.05) is 20.3 Å². The maximum absolute atomic E-state index is 12.5. The molecule has 0 bridgehead atoms. The van der Waals surface area contributed by atoms with Crippen LogP contribution in [-0.4, -0.2) is 32.8 Å². The van der Waals surface area contributed by atoms with Crippen molar-refractivity contribution in [2.45, 2.75) is 19.7 Å². The lowest BCUT2D eigenvalue weighted by molar-refractivity contribution is -0.0504. The van der Waals surface area contributed by atoms with Crippen molar-refractivity contribution in [2.24, 2.45) is 4.99 Å². The number of hydrogen-bond acceptors (Lipinski definition) is 4. The van der Waals surface area contributed by atoms with Crippen LogP contribution in [0.15, 0.2) is 41.4 Å². The number of aliphatic imine (C=N–C) groups is 1. The van der Waals surface area contributed by atoms with Crippen LogP contribution in [0.1, 0.15) is 11.1 Å². The van der Waals surface area contributed by atoms with Gasteiger partial charge in [0.1, 0.15) is 19.0 Å². The standard InChI is InChI=1S/C19H20ClF2N3O3.HI/c1-23-19(25-11-13-4-2-3-5-15(13)28-18(21)22)24-10-12-8-14(20)17-16(9-12)26-6-7-27-17;/h2-5,8-9,18H,6-7,10-11H2,1H3,(H2,23,24,25);1H. The van der Waals surface area contributed by atoms with Gasteiger partial charge in [-0.3, -0.25) is 4.99 Å². The normalized spacial score (nSPS) is 12.9. The summed E-state index contributed by atoms with van der Waals surface area (Å²) < 4.78 is 40.6. The van der Waals surface area contributed by atoms with Gasteiger partial charge in [-0.25, -0.2) is 0 Å². The molecule has 2 aromatic carbocycles. The average molecular weight is 540 g/mol. The number of fused-ring (bicyclic) bond motifs is 1. The number of hydrogen-bond donors (Lipinski definition) is 2. The molecule has 2 N–H and O–H groups in total. The van der Waals surface area contributed by atoms with Gasteiger partial charge >= 0.3 is 6.61 Å². The van der Waals surface area contributed by atoms with E-state index in [1.54, 1.807) is 31.3 Å². The fourth-order valence-electron chi connectivity index (χ4n) is 2.71. The Bertz CT molecular complexity index is 855. The van der Waals surface area contributed by atoms with E-state index in [4.69, 9.17) is 21.1 Å². The van der Waals surface area contributed by atoms with Crippen LogP contribution < -0.4 is 24.8 Å². The third-order valence-corrected chi connectivity index (χ3v) is 4.26. The van der Waals surface area contributed by atoms with E-state index in [2.05, 4.69) is 20.4 Å². The summed E-state index contributed by atoms with van der Waals surface area (Å²) in [6.45, 7) is -1.23. The van der Waals surface area contributed by atoms with Crippen molar-refractivity contribution in [1.82, 2.24) is 10.6 Å². The van der Waals surface area contributed by atoms with E-state index in [0.717, 1.165) is 5.56 Å². The van der Waals surface area contributed by atoms with Crippen molar-refractivity contribution in [3.63, 3.8) is 0 Å². The molecule has 0 amide bonds. The van der Waals surface area contributed by atoms with Crippen LogP contribution in [-0.2, 0) is 13.1 Å². The van der Waals surface area contributed by atoms with Crippen molar-refractivity contribution in [1.29, 1.82) is 0 Å². The number of nitrogens with one attached hydrogen (secondary N) is 2. The largest absolute Gasteiger partial charge is 0.486 e. The minimum Gasteiger partial charge on any atom is -0.486 e. The van der Waals surface area contributed by atoms with Crippen molar-refractivity contribution >= 4 is 41.5 Å². The topological polar surface area (TPSA) is 64.1 Å². The first-order chi connectivity index (χ1) is 13.6. The number of ether oxygens (including phenoxy) is 3. The number of benzene rings is 2. The molecule has 0 saturated heterocycles. The first-order valence-corrected chi connectivity index (χ1v) is 9.00. The molecule has 29 heavy (non-hydrogen) atoms. The molecule has 158 valence electrons. The van der Waals surface area contributed by atoms with E-state index in [0.29, 0.717) is 47.8 Å². The smallest absolute Gasteiger partial charge is 0.387 e. The molecular formula is C19H21ClF2IN3O3. The number of guanidine groups is 1. The van der Waals surface area contributed by atoms with Crippen LogP contribution in [0.4, 0.5) is 8.78 Å². The first-order valence-electron chi connectivity index (χ1n) is 8.62. The molecular weight excluding hydrogens is 519 g/mol. The summed E-state index contributed by atoms with van der Waals surface area (Å²) in [5, 5.41) is 6.70. The molecule has 1 aliphatic heterocycles. The van der Waals surface area contributed by atoms with E-state index in [1.165, 1.54) is 6.07 Å². The number of rotatable bonds is 6. The highest BCUT2D eigenvalue weighted by atomic mass is 127. The zero-order valence-corrected chi connectivity index (χ0v) is 18.7. The van der Waals surface area contributed by atoms with Crippen LogP contribution >= 0.6 is 35.6 Å². The summed E-state index contributed by atoms with van der Waals surface area (Å²) in [7, 11) is 1.62. The molecule has 0 spiro atoms. The van der Waals surface area contributed by atoms with Crippen LogP contribution in [0.2, 0.25) is 5.02 Å². The predicted molar refractivity (Wildman–Crippen MR) is 118 cm³/mol. The van der Waals surface area contributed by atoms with Gasteiger partial charge in [-0.15, -0.1) is 24.0 Å². The Morgan fingerprint density at radius 3 is 2.66 bits per heavy atom. The molecule has 0 atom stereocenters. The van der Waals surface area contributed by atoms with E-state index < -0.39 is 6.61 Å². The SMILES string of the molecule is CN=C(NCc1cc(Cl)c2c(c1)OCCO2)NCc1ccccc1OC(F)F.I. The van der Waals surface area contributed by atoms with Gasteiger partial charge in [0.2, 0.25) is 0 Å². The minimum atomic E-state index is -2.88. The van der Waals surface area contributed by atoms with Crippen molar-refractivity contribution in [3.8, 4) is 17.2 Å². The van der Waals surface area contributed by atoms with E-state index in [9.17, 15) is 8.78 Å². The summed E-state index contributed by atoms with van der Waals surface area (Å²) in [6, 6.07) is 10.2. The Balaban J connectivity index is 0.00000300. The van der Waals surface area contributed by atoms with Gasteiger partial charge in [0.05, 0.1) is 5.02 Å². The Kier molecular flexibility index (Phi) is 9.02. The molecule has 0 saturated carbocycles. The molecule has 10 heteroatoms. The van der Waals surface area contributed by atoms with Gasteiger partial charge in [0, 0.05) is 25.7 Å². The molecule has 1 heterocycles. The van der Waals surface area contributed by atoms with E-state index in [1.807, 2.05) is 6.07 Å². The van der Waals surface area contributed by atoms with Crippen LogP contribution in [0.3, 0.4) is 0 Å². The lowest BCUT2D eigenvalue weighted by Crippen LogP contribution is -2.36. The highest BCUT2D eigenvalue weighted by Gasteiger charge is 2.16. The fraction of sp³-hybridized carbons (Fsp3) is 0.316. The molecule has 2 aromatic rings. The Labute approximate surface area is 189 Å². The second-order valence-electron chi connectivity index (χ2n) is 5.87. The number of halogens is 4. The maximum atomic E-state index is 12.5. The summed E-state index contributed by atoms with van der Waals surface area (Å²) in [5.41, 5.74) is 1.48. The highest BCUT2D eigenvalue weighted by Crippen LogP contribution is 2.38. The molecule has 0 radical (unpaired) electrons. The zero-order chi connectivity index (χ0) is 19.9. The molecule has 0 aromatic heterocycles. The second-order valence-corrected chi connectivity index (χ2v) is 6.27. The Hall–Kier alpha value is -2.01. The van der Waals surface area contributed by atoms with Gasteiger partial charge in [-0.05, 0) is 23.8 Å². The summed E-state index contributed by atoms with van der Waals surface area (Å²) in [5.74, 6) is 1.78. The maximum Gasteiger partial charge on any atom is 0.387 e. The first kappa shape index (κ1) is 23.3. The summed E-state index contributed by atoms with van der Waals surface area (Å²) in [6.07, 6.45) is 0. The molecule has 0 fully saturated rings. The van der Waals surface area contributed by atoms with E-state index >= 15 is 0 Å².